The van der Waals surface area contributed by atoms with Crippen LogP contribution in [0.4, 0.5) is 21.9 Å². The first-order valence-corrected chi connectivity index (χ1v) is 5.89. The maximum Gasteiger partial charge on any atom is 0.323 e. The number of rotatable bonds is 3. The van der Waals surface area contributed by atoms with E-state index in [4.69, 9.17) is 10.5 Å². The van der Waals surface area contributed by atoms with E-state index in [-0.39, 0.29) is 11.4 Å². The minimum Gasteiger partial charge on any atom is -0.508 e. The van der Waals surface area contributed by atoms with Crippen molar-refractivity contribution in [2.24, 2.45) is 0 Å². The van der Waals surface area contributed by atoms with Crippen LogP contribution in [0, 0.1) is 0 Å². The Bertz CT molecular complexity index is 629. The molecule has 6 heteroatoms. The number of hydrogen-bond donors (Lipinski definition) is 4. The topological polar surface area (TPSA) is 96.6 Å². The van der Waals surface area contributed by atoms with E-state index in [9.17, 15) is 9.90 Å². The summed E-state index contributed by atoms with van der Waals surface area (Å²) in [6.45, 7) is 0. The number of carbonyl (C=O) groups excluding carboxylic acids is 1. The number of nitrogens with one attached hydrogen (secondary N) is 2. The molecule has 0 fully saturated rings. The van der Waals surface area contributed by atoms with Crippen LogP contribution in [-0.4, -0.2) is 18.2 Å². The molecule has 104 valence electrons. The average Bonchev–Trinajstić information content (AvgIpc) is 2.42. The maximum atomic E-state index is 11.8. The molecule has 2 aromatic carbocycles. The summed E-state index contributed by atoms with van der Waals surface area (Å²) in [5.74, 6) is 0.688. The molecule has 5 N–H and O–H groups in total. The molecule has 0 saturated heterocycles. The molecule has 0 aliphatic carbocycles. The van der Waals surface area contributed by atoms with Crippen LogP contribution in [0.15, 0.2) is 42.5 Å². The number of amides is 2. The zero-order chi connectivity index (χ0) is 14.5. The summed E-state index contributed by atoms with van der Waals surface area (Å²) in [6, 6.07) is 10.9. The Morgan fingerprint density at radius 1 is 1.20 bits per heavy atom. The predicted octanol–water partition coefficient (Wildman–Crippen LogP) is 2.63. The number of carbonyl (C=O) groups is 1. The summed E-state index contributed by atoms with van der Waals surface area (Å²) in [5, 5.41) is 14.5. The van der Waals surface area contributed by atoms with Gasteiger partial charge in [0.15, 0.2) is 0 Å². The average molecular weight is 273 g/mol. The van der Waals surface area contributed by atoms with E-state index in [1.807, 2.05) is 0 Å². The third-order valence-corrected chi connectivity index (χ3v) is 2.61. The highest BCUT2D eigenvalue weighted by atomic mass is 16.5. The molecule has 0 unspecified atom stereocenters. The lowest BCUT2D eigenvalue weighted by molar-refractivity contribution is 0.262. The van der Waals surface area contributed by atoms with Crippen LogP contribution in [0.1, 0.15) is 0 Å². The highest BCUT2D eigenvalue weighted by Crippen LogP contribution is 2.23. The molecule has 0 aliphatic rings. The van der Waals surface area contributed by atoms with Crippen molar-refractivity contribution in [2.75, 3.05) is 23.5 Å². The lowest BCUT2D eigenvalue weighted by Gasteiger charge is -2.10. The fourth-order valence-electron chi connectivity index (χ4n) is 1.65. The Labute approximate surface area is 116 Å². The first-order valence-electron chi connectivity index (χ1n) is 5.89. The van der Waals surface area contributed by atoms with Gasteiger partial charge >= 0.3 is 6.03 Å². The molecule has 2 amide bonds. The van der Waals surface area contributed by atoms with Crippen LogP contribution in [0.2, 0.25) is 0 Å². The van der Waals surface area contributed by atoms with E-state index in [2.05, 4.69) is 10.6 Å². The number of nitrogens with two attached hydrogens (primary N) is 1. The fourth-order valence-corrected chi connectivity index (χ4v) is 1.65. The number of phenolic OH excluding ortho intramolecular Hbond substituents is 1. The summed E-state index contributed by atoms with van der Waals surface area (Å²) < 4.78 is 5.07. The van der Waals surface area contributed by atoms with Gasteiger partial charge in [0.25, 0.3) is 0 Å². The molecule has 0 radical (unpaired) electrons. The van der Waals surface area contributed by atoms with Crippen molar-refractivity contribution < 1.29 is 14.6 Å². The number of ether oxygens (including phenoxy) is 1. The molecular weight excluding hydrogens is 258 g/mol. The lowest BCUT2D eigenvalue weighted by Crippen LogP contribution is -2.20. The fraction of sp³-hybridized carbons (Fsp3) is 0.0714. The third kappa shape index (κ3) is 3.32. The van der Waals surface area contributed by atoms with Crippen molar-refractivity contribution in [3.63, 3.8) is 0 Å². The van der Waals surface area contributed by atoms with Crippen LogP contribution in [0.3, 0.4) is 0 Å². The van der Waals surface area contributed by atoms with Crippen molar-refractivity contribution >= 4 is 23.1 Å². The van der Waals surface area contributed by atoms with Crippen LogP contribution in [0.25, 0.3) is 0 Å². The monoisotopic (exact) mass is 273 g/mol. The first-order chi connectivity index (χ1) is 9.58. The summed E-state index contributed by atoms with van der Waals surface area (Å²) in [5.41, 5.74) is 6.99. The number of anilines is 3. The van der Waals surface area contributed by atoms with Crippen molar-refractivity contribution in [1.82, 2.24) is 0 Å². The van der Waals surface area contributed by atoms with Gasteiger partial charge in [0.1, 0.15) is 11.5 Å². The van der Waals surface area contributed by atoms with Crippen LogP contribution >= 0.6 is 0 Å². The molecule has 0 bridgehead atoms. The largest absolute Gasteiger partial charge is 0.508 e. The first kappa shape index (κ1) is 13.5. The summed E-state index contributed by atoms with van der Waals surface area (Å²) >= 11 is 0. The van der Waals surface area contributed by atoms with E-state index in [1.165, 1.54) is 18.2 Å². The number of phenols is 1. The van der Waals surface area contributed by atoms with Gasteiger partial charge in [0.05, 0.1) is 18.5 Å². The molecule has 2 aromatic rings. The molecule has 0 atom stereocenters. The minimum absolute atomic E-state index is 0.0428. The Hall–Kier alpha value is -2.89. The van der Waals surface area contributed by atoms with Crippen LogP contribution in [0.5, 0.6) is 11.5 Å². The molecule has 2 rings (SSSR count). The van der Waals surface area contributed by atoms with Gasteiger partial charge in [0.2, 0.25) is 0 Å². The van der Waals surface area contributed by atoms with Gasteiger partial charge in [-0.05, 0) is 24.3 Å². The zero-order valence-corrected chi connectivity index (χ0v) is 10.9. The molecule has 0 saturated carbocycles. The van der Waals surface area contributed by atoms with Gasteiger partial charge in [-0.1, -0.05) is 6.07 Å². The highest BCUT2D eigenvalue weighted by Gasteiger charge is 2.06. The third-order valence-electron chi connectivity index (χ3n) is 2.61. The van der Waals surface area contributed by atoms with E-state index in [1.54, 1.807) is 31.4 Å². The second-order valence-electron chi connectivity index (χ2n) is 4.08. The SMILES string of the molecule is COc1cccc(NC(=O)Nc2ccc(O)cc2N)c1. The minimum atomic E-state index is -0.435. The van der Waals surface area contributed by atoms with Gasteiger partial charge in [0, 0.05) is 17.8 Å². The molecule has 0 heterocycles. The number of benzene rings is 2. The second kappa shape index (κ2) is 5.83. The Balaban J connectivity index is 2.05. The van der Waals surface area contributed by atoms with Gasteiger partial charge in [-0.3, -0.25) is 0 Å². The van der Waals surface area contributed by atoms with E-state index in [0.717, 1.165) is 0 Å². The smallest absolute Gasteiger partial charge is 0.323 e. The van der Waals surface area contributed by atoms with Crippen molar-refractivity contribution in [2.45, 2.75) is 0 Å². The Morgan fingerprint density at radius 2 is 2.00 bits per heavy atom. The van der Waals surface area contributed by atoms with E-state index >= 15 is 0 Å². The molecule has 0 spiro atoms. The summed E-state index contributed by atoms with van der Waals surface area (Å²) in [7, 11) is 1.55. The summed E-state index contributed by atoms with van der Waals surface area (Å²) in [4.78, 5) is 11.8. The van der Waals surface area contributed by atoms with Gasteiger partial charge < -0.3 is 26.2 Å². The van der Waals surface area contributed by atoms with Gasteiger partial charge in [-0.15, -0.1) is 0 Å². The number of nitrogen functional groups attached to an aromatic ring is 1. The standard InChI is InChI=1S/C14H15N3O3/c1-20-11-4-2-3-9(7-11)16-14(19)17-13-6-5-10(18)8-12(13)15/h2-8,18H,15H2,1H3,(H2,16,17,19). The highest BCUT2D eigenvalue weighted by molar-refractivity contribution is 6.01. The number of aromatic hydroxyl groups is 1. The maximum absolute atomic E-state index is 11.8. The summed E-state index contributed by atoms with van der Waals surface area (Å²) in [6.07, 6.45) is 0. The predicted molar refractivity (Wildman–Crippen MR) is 78.2 cm³/mol. The van der Waals surface area contributed by atoms with E-state index < -0.39 is 6.03 Å². The lowest BCUT2D eigenvalue weighted by atomic mass is 10.2. The van der Waals surface area contributed by atoms with Crippen molar-refractivity contribution in [1.29, 1.82) is 0 Å². The van der Waals surface area contributed by atoms with E-state index in [0.29, 0.717) is 17.1 Å². The molecule has 20 heavy (non-hydrogen) atoms. The number of methoxy groups -OCH3 is 1. The zero-order valence-electron chi connectivity index (χ0n) is 10.9. The number of hydrogen-bond acceptors (Lipinski definition) is 4. The quantitative estimate of drug-likeness (QED) is 0.510. The Morgan fingerprint density at radius 3 is 2.70 bits per heavy atom. The van der Waals surface area contributed by atoms with Crippen molar-refractivity contribution in [3.8, 4) is 11.5 Å². The number of urea groups is 1. The van der Waals surface area contributed by atoms with Crippen molar-refractivity contribution in [3.05, 3.63) is 42.5 Å². The molecule has 0 aliphatic heterocycles. The normalized spacial score (nSPS) is 9.85. The van der Waals surface area contributed by atoms with Gasteiger partial charge in [-0.2, -0.15) is 0 Å². The molecule has 0 aromatic heterocycles. The van der Waals surface area contributed by atoms with Crippen LogP contribution in [-0.2, 0) is 0 Å². The second-order valence-corrected chi connectivity index (χ2v) is 4.08. The Kier molecular flexibility index (Phi) is 3.95. The van der Waals surface area contributed by atoms with Gasteiger partial charge in [-0.25, -0.2) is 4.79 Å². The van der Waals surface area contributed by atoms with Crippen LogP contribution < -0.4 is 21.1 Å². The molecule has 6 nitrogen and oxygen atoms in total. The molecular formula is C14H15N3O3.